The Bertz CT molecular complexity index is 672. The SMILES string of the molecule is COc1ccc(C)cc1N1C(=N)S[C@@H]2CS(=O)(=O)C[C@H]21. The molecule has 0 spiro atoms. The second-order valence-electron chi connectivity index (χ2n) is 5.15. The van der Waals surface area contributed by atoms with Gasteiger partial charge in [0.25, 0.3) is 0 Å². The van der Waals surface area contributed by atoms with Crippen LogP contribution in [0.4, 0.5) is 5.69 Å². The molecule has 2 fully saturated rings. The normalized spacial score (nSPS) is 27.7. The Kier molecular flexibility index (Phi) is 3.21. The third kappa shape index (κ3) is 2.18. The molecule has 108 valence electrons. The lowest BCUT2D eigenvalue weighted by Crippen LogP contribution is -2.37. The highest BCUT2D eigenvalue weighted by atomic mass is 32.2. The van der Waals surface area contributed by atoms with Gasteiger partial charge in [-0.3, -0.25) is 5.41 Å². The predicted octanol–water partition coefficient (Wildman–Crippen LogP) is 1.66. The summed E-state index contributed by atoms with van der Waals surface area (Å²) in [5.74, 6) is 0.949. The van der Waals surface area contributed by atoms with Crippen LogP contribution in [0.15, 0.2) is 18.2 Å². The zero-order valence-corrected chi connectivity index (χ0v) is 12.9. The average molecular weight is 312 g/mol. The highest BCUT2D eigenvalue weighted by molar-refractivity contribution is 8.15. The lowest BCUT2D eigenvalue weighted by Gasteiger charge is -2.26. The van der Waals surface area contributed by atoms with Crippen LogP contribution in [0.2, 0.25) is 0 Å². The van der Waals surface area contributed by atoms with Crippen molar-refractivity contribution < 1.29 is 13.2 Å². The van der Waals surface area contributed by atoms with Crippen molar-refractivity contribution in [1.29, 1.82) is 5.41 Å². The molecule has 2 atom stereocenters. The summed E-state index contributed by atoms with van der Waals surface area (Å²) in [6.45, 7) is 1.97. The van der Waals surface area contributed by atoms with Crippen molar-refractivity contribution in [2.24, 2.45) is 0 Å². The monoisotopic (exact) mass is 312 g/mol. The summed E-state index contributed by atoms with van der Waals surface area (Å²) in [6.07, 6.45) is 0. The number of benzene rings is 1. The van der Waals surface area contributed by atoms with Crippen molar-refractivity contribution in [3.05, 3.63) is 23.8 Å². The molecule has 0 radical (unpaired) electrons. The first kappa shape index (κ1) is 13.8. The molecule has 0 bridgehead atoms. The number of anilines is 1. The molecular weight excluding hydrogens is 296 g/mol. The minimum Gasteiger partial charge on any atom is -0.495 e. The molecule has 7 heteroatoms. The number of methoxy groups -OCH3 is 1. The number of fused-ring (bicyclic) bond motifs is 1. The first-order valence-corrected chi connectivity index (χ1v) is 9.01. The number of nitrogens with zero attached hydrogens (tertiary/aromatic N) is 1. The number of amidine groups is 1. The average Bonchev–Trinajstić information content (AvgIpc) is 2.79. The number of rotatable bonds is 2. The van der Waals surface area contributed by atoms with Crippen molar-refractivity contribution >= 4 is 32.5 Å². The Morgan fingerprint density at radius 2 is 2.15 bits per heavy atom. The molecule has 2 aliphatic heterocycles. The zero-order chi connectivity index (χ0) is 14.5. The van der Waals surface area contributed by atoms with E-state index in [0.29, 0.717) is 10.9 Å². The number of thioether (sulfide) groups is 1. The van der Waals surface area contributed by atoms with E-state index in [1.165, 1.54) is 11.8 Å². The minimum absolute atomic E-state index is 0.0438. The standard InChI is InChI=1S/C13H16N2O3S2/c1-8-3-4-11(18-2)9(5-8)15-10-6-20(16,17)7-12(10)19-13(15)14/h3-5,10,12,14H,6-7H2,1-2H3/t10-,12-/m1/s1. The smallest absolute Gasteiger partial charge is 0.161 e. The lowest BCUT2D eigenvalue weighted by atomic mass is 10.1. The molecule has 0 amide bonds. The molecule has 0 aliphatic carbocycles. The highest BCUT2D eigenvalue weighted by Crippen LogP contribution is 2.43. The number of aryl methyl sites for hydroxylation is 1. The van der Waals surface area contributed by atoms with E-state index in [2.05, 4.69) is 0 Å². The minimum atomic E-state index is -3.00. The molecule has 2 aliphatic rings. The first-order chi connectivity index (χ1) is 9.41. The van der Waals surface area contributed by atoms with Gasteiger partial charge in [-0.1, -0.05) is 17.8 Å². The second-order valence-corrected chi connectivity index (χ2v) is 8.53. The molecule has 1 N–H and O–H groups in total. The van der Waals surface area contributed by atoms with E-state index in [1.807, 2.05) is 30.0 Å². The maximum atomic E-state index is 11.8. The Morgan fingerprint density at radius 1 is 1.40 bits per heavy atom. The third-order valence-corrected chi connectivity index (χ3v) is 6.81. The van der Waals surface area contributed by atoms with Gasteiger partial charge in [0.05, 0.1) is 30.3 Å². The van der Waals surface area contributed by atoms with Crippen LogP contribution in [0.25, 0.3) is 0 Å². The van der Waals surface area contributed by atoms with Crippen LogP contribution < -0.4 is 9.64 Å². The summed E-state index contributed by atoms with van der Waals surface area (Å²) in [7, 11) is -1.41. The maximum absolute atomic E-state index is 11.8. The number of hydrogen-bond acceptors (Lipinski definition) is 5. The second kappa shape index (κ2) is 4.66. The van der Waals surface area contributed by atoms with Gasteiger partial charge in [0, 0.05) is 5.25 Å². The molecule has 1 aromatic rings. The van der Waals surface area contributed by atoms with Gasteiger partial charge in [-0.25, -0.2) is 8.42 Å². The topological polar surface area (TPSA) is 70.5 Å². The first-order valence-electron chi connectivity index (χ1n) is 6.31. The van der Waals surface area contributed by atoms with Gasteiger partial charge in [-0.05, 0) is 24.6 Å². The van der Waals surface area contributed by atoms with Gasteiger partial charge in [0.1, 0.15) is 5.75 Å². The van der Waals surface area contributed by atoms with Gasteiger partial charge >= 0.3 is 0 Å². The van der Waals surface area contributed by atoms with Gasteiger partial charge in [-0.15, -0.1) is 0 Å². The van der Waals surface area contributed by atoms with Crippen LogP contribution in [-0.2, 0) is 9.84 Å². The quantitative estimate of drug-likeness (QED) is 0.899. The van der Waals surface area contributed by atoms with E-state index < -0.39 is 9.84 Å². The van der Waals surface area contributed by atoms with E-state index in [4.69, 9.17) is 10.1 Å². The molecule has 3 rings (SSSR count). The Labute approximate surface area is 122 Å². The van der Waals surface area contributed by atoms with E-state index in [9.17, 15) is 8.42 Å². The van der Waals surface area contributed by atoms with Crippen LogP contribution in [0.1, 0.15) is 5.56 Å². The van der Waals surface area contributed by atoms with E-state index in [0.717, 1.165) is 11.3 Å². The molecule has 5 nitrogen and oxygen atoms in total. The fourth-order valence-corrected chi connectivity index (χ4v) is 6.56. The molecule has 0 aromatic heterocycles. The number of sulfone groups is 1. The van der Waals surface area contributed by atoms with Gasteiger partial charge in [0.15, 0.2) is 15.0 Å². The highest BCUT2D eigenvalue weighted by Gasteiger charge is 2.49. The van der Waals surface area contributed by atoms with Crippen LogP contribution >= 0.6 is 11.8 Å². The van der Waals surface area contributed by atoms with E-state index >= 15 is 0 Å². The molecule has 2 saturated heterocycles. The van der Waals surface area contributed by atoms with Crippen molar-refractivity contribution in [2.75, 3.05) is 23.5 Å². The number of hydrogen-bond donors (Lipinski definition) is 1. The Hall–Kier alpha value is -1.21. The van der Waals surface area contributed by atoms with E-state index in [-0.39, 0.29) is 22.8 Å². The lowest BCUT2D eigenvalue weighted by molar-refractivity contribution is 0.415. The van der Waals surface area contributed by atoms with Gasteiger partial charge in [0.2, 0.25) is 0 Å². The molecule has 20 heavy (non-hydrogen) atoms. The third-order valence-electron chi connectivity index (χ3n) is 3.68. The van der Waals surface area contributed by atoms with Gasteiger partial charge in [-0.2, -0.15) is 0 Å². The predicted molar refractivity (Wildman–Crippen MR) is 81.8 cm³/mol. The van der Waals surface area contributed by atoms with Crippen LogP contribution in [0.5, 0.6) is 5.75 Å². The van der Waals surface area contributed by atoms with Crippen LogP contribution in [0, 0.1) is 12.3 Å². The van der Waals surface area contributed by atoms with Crippen LogP contribution in [-0.4, -0.2) is 43.5 Å². The molecule has 1 aromatic carbocycles. The fourth-order valence-electron chi connectivity index (χ4n) is 2.78. The summed E-state index contributed by atoms with van der Waals surface area (Å²) in [4.78, 5) is 1.81. The molecule has 0 unspecified atom stereocenters. The van der Waals surface area contributed by atoms with Crippen molar-refractivity contribution in [3.8, 4) is 5.75 Å². The largest absolute Gasteiger partial charge is 0.495 e. The van der Waals surface area contributed by atoms with Crippen molar-refractivity contribution in [1.82, 2.24) is 0 Å². The van der Waals surface area contributed by atoms with Crippen molar-refractivity contribution in [2.45, 2.75) is 18.2 Å². The zero-order valence-electron chi connectivity index (χ0n) is 11.3. The van der Waals surface area contributed by atoms with E-state index in [1.54, 1.807) is 7.11 Å². The Morgan fingerprint density at radius 3 is 2.85 bits per heavy atom. The summed E-state index contributed by atoms with van der Waals surface area (Å²) in [5, 5.41) is 8.51. The molecule has 0 saturated carbocycles. The molecular formula is C13H16N2O3S2. The van der Waals surface area contributed by atoms with Gasteiger partial charge < -0.3 is 9.64 Å². The summed E-state index contributed by atoms with van der Waals surface area (Å²) < 4.78 is 29.0. The maximum Gasteiger partial charge on any atom is 0.161 e. The number of nitrogens with one attached hydrogen (secondary N) is 1. The number of ether oxygens (including phenoxy) is 1. The van der Waals surface area contributed by atoms with Crippen LogP contribution in [0.3, 0.4) is 0 Å². The van der Waals surface area contributed by atoms with Crippen molar-refractivity contribution in [3.63, 3.8) is 0 Å². The summed E-state index contributed by atoms with van der Waals surface area (Å²) in [6, 6.07) is 5.59. The molecule has 2 heterocycles. The summed E-state index contributed by atoms with van der Waals surface area (Å²) >= 11 is 1.34. The Balaban J connectivity index is 2.05. The fraction of sp³-hybridized carbons (Fsp3) is 0.462. The summed E-state index contributed by atoms with van der Waals surface area (Å²) in [5.41, 5.74) is 1.84.